The fourth-order valence-corrected chi connectivity index (χ4v) is 1.98. The lowest BCUT2D eigenvalue weighted by Gasteiger charge is -2.09. The van der Waals surface area contributed by atoms with E-state index < -0.39 is 0 Å². The van der Waals surface area contributed by atoms with Crippen LogP contribution in [0.3, 0.4) is 0 Å². The maximum absolute atomic E-state index is 5.74. The van der Waals surface area contributed by atoms with E-state index in [1.165, 1.54) is 17.3 Å². The summed E-state index contributed by atoms with van der Waals surface area (Å²) in [6.07, 6.45) is 1.91. The van der Waals surface area contributed by atoms with E-state index in [2.05, 4.69) is 40.2 Å². The van der Waals surface area contributed by atoms with Gasteiger partial charge in [-0.2, -0.15) is 15.0 Å². The highest BCUT2D eigenvalue weighted by Gasteiger charge is 2.08. The lowest BCUT2D eigenvalue weighted by molar-refractivity contribution is 0.433. The van der Waals surface area contributed by atoms with Gasteiger partial charge in [-0.1, -0.05) is 37.7 Å². The lowest BCUT2D eigenvalue weighted by atomic mass is 10.0. The molecule has 0 unspecified atom stereocenters. The van der Waals surface area contributed by atoms with Gasteiger partial charge < -0.3 is 10.1 Å². The van der Waals surface area contributed by atoms with Crippen LogP contribution in [0.1, 0.15) is 25.3 Å². The predicted molar refractivity (Wildman–Crippen MR) is 81.8 cm³/mol. The van der Waals surface area contributed by atoms with Crippen LogP contribution < -0.4 is 10.1 Å². The van der Waals surface area contributed by atoms with E-state index in [9.17, 15) is 0 Å². The van der Waals surface area contributed by atoms with Gasteiger partial charge in [0.05, 0.1) is 0 Å². The van der Waals surface area contributed by atoms with Crippen LogP contribution in [0, 0.1) is 0 Å². The molecule has 0 bridgehead atoms. The molecule has 1 aromatic carbocycles. The molecule has 0 atom stereocenters. The molecule has 20 heavy (non-hydrogen) atoms. The first-order chi connectivity index (χ1) is 9.62. The van der Waals surface area contributed by atoms with E-state index in [1.807, 2.05) is 24.5 Å². The highest BCUT2D eigenvalue weighted by molar-refractivity contribution is 7.98. The fourth-order valence-electron chi connectivity index (χ4n) is 1.63. The van der Waals surface area contributed by atoms with Crippen LogP contribution >= 0.6 is 11.8 Å². The van der Waals surface area contributed by atoms with E-state index in [4.69, 9.17) is 4.74 Å². The van der Waals surface area contributed by atoms with Gasteiger partial charge in [0.2, 0.25) is 5.95 Å². The van der Waals surface area contributed by atoms with Gasteiger partial charge in [0.15, 0.2) is 5.16 Å². The molecular formula is C14H18N4OS. The first-order valence-corrected chi connectivity index (χ1v) is 7.60. The molecule has 0 aliphatic heterocycles. The van der Waals surface area contributed by atoms with Crippen LogP contribution in [0.25, 0.3) is 0 Å². The van der Waals surface area contributed by atoms with E-state index in [0.29, 0.717) is 23.0 Å². The molecule has 0 aliphatic rings. The molecule has 106 valence electrons. The minimum atomic E-state index is 0.301. The van der Waals surface area contributed by atoms with Crippen LogP contribution in [0.4, 0.5) is 5.95 Å². The molecule has 0 fully saturated rings. The largest absolute Gasteiger partial charge is 0.424 e. The summed E-state index contributed by atoms with van der Waals surface area (Å²) in [6.45, 7) is 4.29. The predicted octanol–water partition coefficient (Wildman–Crippen LogP) is 3.55. The molecule has 2 aromatic rings. The maximum Gasteiger partial charge on any atom is 0.327 e. The van der Waals surface area contributed by atoms with Crippen LogP contribution in [0.5, 0.6) is 11.8 Å². The maximum atomic E-state index is 5.74. The summed E-state index contributed by atoms with van der Waals surface area (Å²) in [7, 11) is 1.77. The number of ether oxygens (including phenoxy) is 1. The summed E-state index contributed by atoms with van der Waals surface area (Å²) in [4.78, 5) is 12.7. The fraction of sp³-hybridized carbons (Fsp3) is 0.357. The van der Waals surface area contributed by atoms with Crippen molar-refractivity contribution in [3.05, 3.63) is 29.8 Å². The van der Waals surface area contributed by atoms with Crippen molar-refractivity contribution in [2.45, 2.75) is 24.9 Å². The summed E-state index contributed by atoms with van der Waals surface area (Å²) in [5.74, 6) is 1.68. The zero-order valence-corrected chi connectivity index (χ0v) is 12.9. The Hall–Kier alpha value is -1.82. The normalized spacial score (nSPS) is 10.7. The molecule has 2 rings (SSSR count). The van der Waals surface area contributed by atoms with Crippen molar-refractivity contribution in [1.82, 2.24) is 15.0 Å². The molecule has 5 nitrogen and oxygen atoms in total. The van der Waals surface area contributed by atoms with Gasteiger partial charge in [0, 0.05) is 7.05 Å². The number of hydrogen-bond donors (Lipinski definition) is 1. The second kappa shape index (κ2) is 6.56. The van der Waals surface area contributed by atoms with Crippen molar-refractivity contribution in [2.24, 2.45) is 0 Å². The minimum absolute atomic E-state index is 0.301. The lowest BCUT2D eigenvalue weighted by Crippen LogP contribution is -2.02. The van der Waals surface area contributed by atoms with E-state index >= 15 is 0 Å². The average molecular weight is 290 g/mol. The Balaban J connectivity index is 2.27. The molecule has 0 radical (unpaired) electrons. The summed E-state index contributed by atoms with van der Waals surface area (Å²) in [5.41, 5.74) is 1.22. The zero-order chi connectivity index (χ0) is 14.5. The summed E-state index contributed by atoms with van der Waals surface area (Å²) in [5, 5.41) is 3.53. The van der Waals surface area contributed by atoms with Crippen LogP contribution in [-0.2, 0) is 0 Å². The van der Waals surface area contributed by atoms with Gasteiger partial charge in [0.1, 0.15) is 5.75 Å². The van der Waals surface area contributed by atoms with Crippen molar-refractivity contribution in [3.8, 4) is 11.8 Å². The van der Waals surface area contributed by atoms with Gasteiger partial charge in [-0.3, -0.25) is 0 Å². The third-order valence-electron chi connectivity index (χ3n) is 2.73. The van der Waals surface area contributed by atoms with E-state index in [-0.39, 0.29) is 0 Å². The van der Waals surface area contributed by atoms with Gasteiger partial charge in [-0.15, -0.1) is 0 Å². The number of nitrogens with one attached hydrogen (secondary N) is 1. The molecule has 0 aliphatic carbocycles. The third-order valence-corrected chi connectivity index (χ3v) is 3.28. The molecule has 0 saturated heterocycles. The highest BCUT2D eigenvalue weighted by atomic mass is 32.2. The number of nitrogens with zero attached hydrogens (tertiary/aromatic N) is 3. The van der Waals surface area contributed by atoms with Gasteiger partial charge in [0.25, 0.3) is 0 Å². The summed E-state index contributed by atoms with van der Waals surface area (Å²) in [6, 6.07) is 8.26. The zero-order valence-electron chi connectivity index (χ0n) is 12.0. The Morgan fingerprint density at radius 2 is 2.00 bits per heavy atom. The molecule has 1 aromatic heterocycles. The molecule has 1 N–H and O–H groups in total. The van der Waals surface area contributed by atoms with E-state index in [1.54, 1.807) is 7.05 Å². The number of anilines is 1. The first kappa shape index (κ1) is 14.6. The Morgan fingerprint density at radius 3 is 2.65 bits per heavy atom. The van der Waals surface area contributed by atoms with Crippen molar-refractivity contribution in [1.29, 1.82) is 0 Å². The Labute approximate surface area is 123 Å². The number of thioether (sulfide) groups is 1. The van der Waals surface area contributed by atoms with Crippen molar-refractivity contribution < 1.29 is 4.74 Å². The van der Waals surface area contributed by atoms with Crippen molar-refractivity contribution in [3.63, 3.8) is 0 Å². The SMILES string of the molecule is CNc1nc(Oc2cccc(C(C)C)c2)nc(SC)n1. The monoisotopic (exact) mass is 290 g/mol. The summed E-state index contributed by atoms with van der Waals surface area (Å²) < 4.78 is 5.74. The molecule has 0 spiro atoms. The molecule has 1 heterocycles. The Bertz CT molecular complexity index is 567. The number of benzene rings is 1. The molecule has 6 heteroatoms. The first-order valence-electron chi connectivity index (χ1n) is 6.38. The van der Waals surface area contributed by atoms with Gasteiger partial charge >= 0.3 is 6.01 Å². The summed E-state index contributed by atoms with van der Waals surface area (Å²) >= 11 is 1.45. The molecule has 0 amide bonds. The van der Waals surface area contributed by atoms with Crippen LogP contribution in [-0.4, -0.2) is 28.3 Å². The Kier molecular flexibility index (Phi) is 4.79. The number of aromatic nitrogens is 3. The second-order valence-corrected chi connectivity index (χ2v) is 5.28. The van der Waals surface area contributed by atoms with Crippen LogP contribution in [0.2, 0.25) is 0 Å². The van der Waals surface area contributed by atoms with Crippen molar-refractivity contribution >= 4 is 17.7 Å². The average Bonchev–Trinajstić information content (AvgIpc) is 2.47. The van der Waals surface area contributed by atoms with Gasteiger partial charge in [-0.25, -0.2) is 0 Å². The standard InChI is InChI=1S/C14H18N4OS/c1-9(2)10-6-5-7-11(8-10)19-13-16-12(15-3)17-14(18-13)20-4/h5-9H,1-4H3,(H,15,16,17,18). The van der Waals surface area contributed by atoms with Gasteiger partial charge in [-0.05, 0) is 29.9 Å². The topological polar surface area (TPSA) is 59.9 Å². The number of hydrogen-bond acceptors (Lipinski definition) is 6. The Morgan fingerprint density at radius 1 is 1.20 bits per heavy atom. The third kappa shape index (κ3) is 3.60. The molecule has 0 saturated carbocycles. The second-order valence-electron chi connectivity index (χ2n) is 4.51. The quantitative estimate of drug-likeness (QED) is 0.850. The van der Waals surface area contributed by atoms with E-state index in [0.717, 1.165) is 5.75 Å². The smallest absolute Gasteiger partial charge is 0.327 e. The number of rotatable bonds is 5. The van der Waals surface area contributed by atoms with Crippen LogP contribution in [0.15, 0.2) is 29.4 Å². The van der Waals surface area contributed by atoms with Crippen molar-refractivity contribution in [2.75, 3.05) is 18.6 Å². The highest BCUT2D eigenvalue weighted by Crippen LogP contribution is 2.24. The molecular weight excluding hydrogens is 272 g/mol. The minimum Gasteiger partial charge on any atom is -0.424 e.